The van der Waals surface area contributed by atoms with Gasteiger partial charge in [-0.2, -0.15) is 0 Å². The number of likely N-dealkylation sites (N-methyl/N-ethyl adjacent to an activating group) is 1. The van der Waals surface area contributed by atoms with Crippen molar-refractivity contribution < 1.29 is 14.6 Å². The van der Waals surface area contributed by atoms with Gasteiger partial charge in [-0.05, 0) is 58.0 Å². The van der Waals surface area contributed by atoms with E-state index in [1.165, 1.54) is 0 Å². The summed E-state index contributed by atoms with van der Waals surface area (Å²) < 4.78 is 11.5. The molecule has 4 nitrogen and oxygen atoms in total. The molecule has 0 radical (unpaired) electrons. The van der Waals surface area contributed by atoms with Crippen LogP contribution in [-0.4, -0.2) is 30.9 Å². The van der Waals surface area contributed by atoms with Gasteiger partial charge in [0.25, 0.3) is 0 Å². The molecular formula is C16H25NO3. The molecule has 0 spiro atoms. The second-order valence-electron chi connectivity index (χ2n) is 5.39. The molecule has 1 rings (SSSR count). The topological polar surface area (TPSA) is 50.7 Å². The van der Waals surface area contributed by atoms with Gasteiger partial charge in [0.05, 0.1) is 0 Å². The second kappa shape index (κ2) is 6.66. The largest absolute Gasteiger partial charge is 0.509 e. The molecule has 0 aliphatic rings. The molecule has 0 atom stereocenters. The number of nitrogens with one attached hydrogen (secondary N) is 1. The minimum atomic E-state index is -0.814. The molecule has 0 bridgehead atoms. The van der Waals surface area contributed by atoms with Crippen molar-refractivity contribution in [3.05, 3.63) is 35.6 Å². The summed E-state index contributed by atoms with van der Waals surface area (Å²) >= 11 is 0. The summed E-state index contributed by atoms with van der Waals surface area (Å²) in [7, 11) is 1.89. The zero-order valence-corrected chi connectivity index (χ0v) is 13.0. The Kier molecular flexibility index (Phi) is 5.45. The van der Waals surface area contributed by atoms with E-state index in [-0.39, 0.29) is 5.76 Å². The number of aliphatic hydroxyl groups is 1. The van der Waals surface area contributed by atoms with E-state index in [1.807, 2.05) is 33.0 Å². The van der Waals surface area contributed by atoms with Crippen LogP contribution in [0.2, 0.25) is 0 Å². The SMILES string of the molecule is C=C(O)C(C)(C)Oc1cc(C)c(OCCNC)cc1C. The quantitative estimate of drug-likeness (QED) is 0.595. The van der Waals surface area contributed by atoms with Crippen LogP contribution in [0.25, 0.3) is 0 Å². The molecule has 0 saturated carbocycles. The maximum atomic E-state index is 9.55. The minimum absolute atomic E-state index is 0.00361. The first-order chi connectivity index (χ1) is 9.27. The Morgan fingerprint density at radius 2 is 1.80 bits per heavy atom. The lowest BCUT2D eigenvalue weighted by molar-refractivity contribution is 0.0964. The highest BCUT2D eigenvalue weighted by atomic mass is 16.5. The van der Waals surface area contributed by atoms with Crippen LogP contribution in [-0.2, 0) is 0 Å². The van der Waals surface area contributed by atoms with E-state index >= 15 is 0 Å². The van der Waals surface area contributed by atoms with Gasteiger partial charge in [0.15, 0.2) is 5.60 Å². The van der Waals surface area contributed by atoms with E-state index in [9.17, 15) is 5.11 Å². The van der Waals surface area contributed by atoms with Crippen LogP contribution in [0.3, 0.4) is 0 Å². The van der Waals surface area contributed by atoms with Gasteiger partial charge in [-0.3, -0.25) is 0 Å². The fraction of sp³-hybridized carbons (Fsp3) is 0.500. The average molecular weight is 279 g/mol. The average Bonchev–Trinajstić information content (AvgIpc) is 2.34. The van der Waals surface area contributed by atoms with E-state index in [1.54, 1.807) is 13.8 Å². The Labute approximate surface area is 121 Å². The lowest BCUT2D eigenvalue weighted by atomic mass is 10.1. The molecule has 0 fully saturated rings. The van der Waals surface area contributed by atoms with Crippen LogP contribution in [0.4, 0.5) is 0 Å². The Hall–Kier alpha value is -1.68. The first kappa shape index (κ1) is 16.4. The third kappa shape index (κ3) is 4.17. The molecule has 112 valence electrons. The third-order valence-electron chi connectivity index (χ3n) is 3.14. The second-order valence-corrected chi connectivity index (χ2v) is 5.39. The molecule has 0 heterocycles. The van der Waals surface area contributed by atoms with Crippen LogP contribution in [0.15, 0.2) is 24.5 Å². The van der Waals surface area contributed by atoms with Gasteiger partial charge in [-0.1, -0.05) is 6.58 Å². The Morgan fingerprint density at radius 1 is 1.25 bits per heavy atom. The fourth-order valence-corrected chi connectivity index (χ4v) is 1.63. The highest BCUT2D eigenvalue weighted by Crippen LogP contribution is 2.31. The number of ether oxygens (including phenoxy) is 2. The normalized spacial score (nSPS) is 11.2. The van der Waals surface area contributed by atoms with E-state index in [0.717, 1.165) is 29.2 Å². The Balaban J connectivity index is 2.91. The van der Waals surface area contributed by atoms with Crippen molar-refractivity contribution in [2.75, 3.05) is 20.2 Å². The first-order valence-corrected chi connectivity index (χ1v) is 6.74. The summed E-state index contributed by atoms with van der Waals surface area (Å²) in [5.41, 5.74) is 1.15. The smallest absolute Gasteiger partial charge is 0.159 e. The molecule has 0 aliphatic carbocycles. The summed E-state index contributed by atoms with van der Waals surface area (Å²) in [5, 5.41) is 12.6. The number of rotatable bonds is 7. The predicted octanol–water partition coefficient (Wildman–Crippen LogP) is 3.13. The maximum absolute atomic E-state index is 9.55. The zero-order chi connectivity index (χ0) is 15.3. The molecular weight excluding hydrogens is 254 g/mol. The zero-order valence-electron chi connectivity index (χ0n) is 13.0. The van der Waals surface area contributed by atoms with E-state index < -0.39 is 5.60 Å². The van der Waals surface area contributed by atoms with Crippen molar-refractivity contribution in [2.45, 2.75) is 33.3 Å². The standard InChI is InChI=1S/C16H25NO3/c1-11-10-15(20-16(4,5)13(3)18)12(2)9-14(11)19-8-7-17-6/h9-10,17-18H,3,7-8H2,1-2,4-6H3. The van der Waals surface area contributed by atoms with Gasteiger partial charge in [-0.15, -0.1) is 0 Å². The highest BCUT2D eigenvalue weighted by Gasteiger charge is 2.24. The van der Waals surface area contributed by atoms with Crippen molar-refractivity contribution >= 4 is 0 Å². The maximum Gasteiger partial charge on any atom is 0.159 e. The minimum Gasteiger partial charge on any atom is -0.509 e. The van der Waals surface area contributed by atoms with E-state index in [0.29, 0.717) is 6.61 Å². The predicted molar refractivity (Wildman–Crippen MR) is 81.8 cm³/mol. The molecule has 0 saturated heterocycles. The van der Waals surface area contributed by atoms with E-state index in [4.69, 9.17) is 9.47 Å². The van der Waals surface area contributed by atoms with Crippen molar-refractivity contribution in [3.63, 3.8) is 0 Å². The lowest BCUT2D eigenvalue weighted by Crippen LogP contribution is -2.30. The van der Waals surface area contributed by atoms with Crippen molar-refractivity contribution in [3.8, 4) is 11.5 Å². The van der Waals surface area contributed by atoms with Gasteiger partial charge in [0.2, 0.25) is 0 Å². The molecule has 0 unspecified atom stereocenters. The Bertz CT molecular complexity index is 481. The summed E-state index contributed by atoms with van der Waals surface area (Å²) in [6.45, 7) is 12.4. The number of hydrogen-bond donors (Lipinski definition) is 2. The van der Waals surface area contributed by atoms with Crippen molar-refractivity contribution in [1.29, 1.82) is 0 Å². The van der Waals surface area contributed by atoms with Gasteiger partial charge in [0, 0.05) is 6.54 Å². The van der Waals surface area contributed by atoms with Crippen molar-refractivity contribution in [2.24, 2.45) is 0 Å². The molecule has 20 heavy (non-hydrogen) atoms. The van der Waals surface area contributed by atoms with Crippen molar-refractivity contribution in [1.82, 2.24) is 5.32 Å². The van der Waals surface area contributed by atoms with Crippen LogP contribution in [0, 0.1) is 13.8 Å². The number of aryl methyl sites for hydroxylation is 2. The van der Waals surface area contributed by atoms with E-state index in [2.05, 4.69) is 11.9 Å². The summed E-state index contributed by atoms with van der Waals surface area (Å²) in [6, 6.07) is 3.88. The van der Waals surface area contributed by atoms with Gasteiger partial charge >= 0.3 is 0 Å². The Morgan fingerprint density at radius 3 is 2.35 bits per heavy atom. The summed E-state index contributed by atoms with van der Waals surface area (Å²) in [4.78, 5) is 0. The first-order valence-electron chi connectivity index (χ1n) is 6.74. The molecule has 4 heteroatoms. The molecule has 1 aromatic rings. The van der Waals surface area contributed by atoms with Gasteiger partial charge in [0.1, 0.15) is 23.9 Å². The monoisotopic (exact) mass is 279 g/mol. The third-order valence-corrected chi connectivity index (χ3v) is 3.14. The molecule has 0 aromatic heterocycles. The molecule has 1 aromatic carbocycles. The van der Waals surface area contributed by atoms with Crippen LogP contribution >= 0.6 is 0 Å². The number of benzene rings is 1. The van der Waals surface area contributed by atoms with Crippen LogP contribution < -0.4 is 14.8 Å². The summed E-state index contributed by atoms with van der Waals surface area (Å²) in [6.07, 6.45) is 0. The molecule has 2 N–H and O–H groups in total. The summed E-state index contributed by atoms with van der Waals surface area (Å²) in [5.74, 6) is 1.58. The number of aliphatic hydroxyl groups excluding tert-OH is 1. The molecule has 0 aliphatic heterocycles. The van der Waals surface area contributed by atoms with Gasteiger partial charge < -0.3 is 19.9 Å². The van der Waals surface area contributed by atoms with Crippen LogP contribution in [0.1, 0.15) is 25.0 Å². The lowest BCUT2D eigenvalue weighted by Gasteiger charge is -2.26. The number of hydrogen-bond acceptors (Lipinski definition) is 4. The fourth-order valence-electron chi connectivity index (χ4n) is 1.63. The van der Waals surface area contributed by atoms with Gasteiger partial charge in [-0.25, -0.2) is 0 Å². The van der Waals surface area contributed by atoms with Crippen LogP contribution in [0.5, 0.6) is 11.5 Å². The highest BCUT2D eigenvalue weighted by molar-refractivity contribution is 5.45. The molecule has 0 amide bonds.